The van der Waals surface area contributed by atoms with Crippen molar-refractivity contribution in [2.45, 2.75) is 25.2 Å². The van der Waals surface area contributed by atoms with Crippen molar-refractivity contribution in [1.29, 1.82) is 0 Å². The van der Waals surface area contributed by atoms with Gasteiger partial charge in [-0.3, -0.25) is 0 Å². The van der Waals surface area contributed by atoms with E-state index in [0.29, 0.717) is 12.4 Å². The Morgan fingerprint density at radius 2 is 1.86 bits per heavy atom. The fraction of sp³-hybridized carbons (Fsp3) is 0.190. The summed E-state index contributed by atoms with van der Waals surface area (Å²) in [5.74, 6) is 1.45. The third-order valence-electron chi connectivity index (χ3n) is 4.44. The van der Waals surface area contributed by atoms with Crippen LogP contribution in [-0.2, 0) is 13.2 Å². The first-order valence-corrected chi connectivity index (χ1v) is 10.3. The van der Waals surface area contributed by atoms with E-state index >= 15 is 0 Å². The molecule has 2 heterocycles. The summed E-state index contributed by atoms with van der Waals surface area (Å²) in [5, 5.41) is 15.0. The van der Waals surface area contributed by atoms with Crippen molar-refractivity contribution in [1.82, 2.24) is 19.4 Å². The number of aromatic nitrogens is 4. The van der Waals surface area contributed by atoms with E-state index in [4.69, 9.17) is 4.74 Å². The quantitative estimate of drug-likeness (QED) is 0.345. The van der Waals surface area contributed by atoms with Gasteiger partial charge < -0.3 is 9.30 Å². The minimum absolute atomic E-state index is 0.297. The highest BCUT2D eigenvalue weighted by Crippen LogP contribution is 2.21. The van der Waals surface area contributed by atoms with Gasteiger partial charge >= 0.3 is 0 Å². The molecule has 0 spiro atoms. The van der Waals surface area contributed by atoms with Crippen molar-refractivity contribution in [3.05, 3.63) is 72.2 Å². The smallest absolute Gasteiger partial charge is 0.211 e. The Labute approximate surface area is 167 Å². The molecule has 0 fully saturated rings. The van der Waals surface area contributed by atoms with Gasteiger partial charge in [-0.05, 0) is 31.4 Å². The van der Waals surface area contributed by atoms with E-state index in [2.05, 4.69) is 51.2 Å². The molecule has 7 heteroatoms. The standard InChI is InChI=1S/C21H21N5OS/c1-3-25-14-16(18-11-7-8-12-19(18)25)13-22-26-20(23-24-21(26)28-2)15-27-17-9-5-4-6-10-17/h4-14H,3,15H2,1-2H3/b22-13-. The summed E-state index contributed by atoms with van der Waals surface area (Å²) in [6, 6.07) is 18.0. The van der Waals surface area contributed by atoms with Crippen LogP contribution in [0.5, 0.6) is 5.75 Å². The third kappa shape index (κ3) is 3.66. The number of rotatable bonds is 7. The van der Waals surface area contributed by atoms with Crippen molar-refractivity contribution >= 4 is 28.9 Å². The second-order valence-corrected chi connectivity index (χ2v) is 6.92. The monoisotopic (exact) mass is 391 g/mol. The molecule has 0 atom stereocenters. The van der Waals surface area contributed by atoms with E-state index < -0.39 is 0 Å². The maximum atomic E-state index is 5.82. The molecular weight excluding hydrogens is 370 g/mol. The first-order valence-electron chi connectivity index (χ1n) is 9.08. The van der Waals surface area contributed by atoms with E-state index in [-0.39, 0.29) is 0 Å². The number of para-hydroxylation sites is 2. The fourth-order valence-corrected chi connectivity index (χ4v) is 3.50. The molecule has 0 N–H and O–H groups in total. The van der Waals surface area contributed by atoms with Crippen molar-refractivity contribution in [3.8, 4) is 5.75 Å². The van der Waals surface area contributed by atoms with Crippen LogP contribution >= 0.6 is 11.8 Å². The summed E-state index contributed by atoms with van der Waals surface area (Å²) in [4.78, 5) is 0. The van der Waals surface area contributed by atoms with E-state index in [1.54, 1.807) is 4.68 Å². The van der Waals surface area contributed by atoms with Crippen molar-refractivity contribution in [2.75, 3.05) is 6.26 Å². The van der Waals surface area contributed by atoms with Crippen LogP contribution in [0.4, 0.5) is 0 Å². The summed E-state index contributed by atoms with van der Waals surface area (Å²) in [5.41, 5.74) is 2.26. The Hall–Kier alpha value is -3.06. The van der Waals surface area contributed by atoms with Gasteiger partial charge in [0.15, 0.2) is 5.82 Å². The maximum absolute atomic E-state index is 5.82. The number of fused-ring (bicyclic) bond motifs is 1. The fourth-order valence-electron chi connectivity index (χ4n) is 3.05. The van der Waals surface area contributed by atoms with Crippen LogP contribution in [0.15, 0.2) is 71.1 Å². The van der Waals surface area contributed by atoms with Crippen LogP contribution in [0.2, 0.25) is 0 Å². The van der Waals surface area contributed by atoms with Gasteiger partial charge in [0.2, 0.25) is 5.16 Å². The lowest BCUT2D eigenvalue weighted by atomic mass is 10.2. The van der Waals surface area contributed by atoms with E-state index in [1.807, 2.05) is 48.9 Å². The number of hydrogen-bond acceptors (Lipinski definition) is 5. The minimum Gasteiger partial charge on any atom is -0.486 e. The molecule has 0 aliphatic carbocycles. The summed E-state index contributed by atoms with van der Waals surface area (Å²) in [6.07, 6.45) is 5.95. The Bertz CT molecular complexity index is 1100. The maximum Gasteiger partial charge on any atom is 0.211 e. The number of benzene rings is 2. The number of thioether (sulfide) groups is 1. The molecule has 0 radical (unpaired) electrons. The summed E-state index contributed by atoms with van der Waals surface area (Å²) in [7, 11) is 0. The average molecular weight is 392 g/mol. The normalized spacial score (nSPS) is 11.5. The Morgan fingerprint density at radius 1 is 1.07 bits per heavy atom. The molecule has 0 saturated carbocycles. The zero-order valence-corrected chi connectivity index (χ0v) is 16.6. The van der Waals surface area contributed by atoms with Gasteiger partial charge in [-0.15, -0.1) is 10.2 Å². The lowest BCUT2D eigenvalue weighted by molar-refractivity contribution is 0.290. The Kier molecular flexibility index (Phi) is 5.43. The molecule has 6 nitrogen and oxygen atoms in total. The molecule has 28 heavy (non-hydrogen) atoms. The topological polar surface area (TPSA) is 57.2 Å². The molecule has 0 amide bonds. The second-order valence-electron chi connectivity index (χ2n) is 6.15. The van der Waals surface area contributed by atoms with Crippen LogP contribution in [0, 0.1) is 0 Å². The predicted molar refractivity (Wildman–Crippen MR) is 113 cm³/mol. The molecule has 0 unspecified atom stereocenters. The van der Waals surface area contributed by atoms with Crippen molar-refractivity contribution in [3.63, 3.8) is 0 Å². The Balaban J connectivity index is 1.63. The van der Waals surface area contributed by atoms with Crippen LogP contribution in [0.25, 0.3) is 10.9 Å². The molecule has 0 aliphatic heterocycles. The zero-order chi connectivity index (χ0) is 19.3. The first kappa shape index (κ1) is 18.3. The van der Waals surface area contributed by atoms with Gasteiger partial charge in [-0.25, -0.2) is 0 Å². The SMILES string of the molecule is CCn1cc(/C=N\n2c(COc3ccccc3)nnc2SC)c2ccccc21. The minimum atomic E-state index is 0.297. The van der Waals surface area contributed by atoms with Crippen LogP contribution < -0.4 is 4.74 Å². The van der Waals surface area contributed by atoms with Gasteiger partial charge in [0.1, 0.15) is 12.4 Å². The van der Waals surface area contributed by atoms with Gasteiger partial charge in [0.25, 0.3) is 0 Å². The second kappa shape index (κ2) is 8.31. The van der Waals surface area contributed by atoms with Gasteiger partial charge in [-0.2, -0.15) is 9.78 Å². The molecule has 2 aromatic carbocycles. The highest BCUT2D eigenvalue weighted by molar-refractivity contribution is 7.98. The number of ether oxygens (including phenoxy) is 1. The summed E-state index contributed by atoms with van der Waals surface area (Å²) in [6.45, 7) is 3.34. The lowest BCUT2D eigenvalue weighted by Crippen LogP contribution is -2.04. The van der Waals surface area contributed by atoms with Crippen LogP contribution in [-0.4, -0.2) is 31.9 Å². The molecule has 4 rings (SSSR count). The molecule has 0 aliphatic rings. The highest BCUT2D eigenvalue weighted by Gasteiger charge is 2.12. The molecule has 0 saturated heterocycles. The summed E-state index contributed by atoms with van der Waals surface area (Å²) >= 11 is 1.50. The van der Waals surface area contributed by atoms with Gasteiger partial charge in [0.05, 0.1) is 6.21 Å². The first-order chi connectivity index (χ1) is 13.8. The molecule has 0 bridgehead atoms. The summed E-state index contributed by atoms with van der Waals surface area (Å²) < 4.78 is 9.79. The van der Waals surface area contributed by atoms with Crippen LogP contribution in [0.3, 0.4) is 0 Å². The Morgan fingerprint density at radius 3 is 2.64 bits per heavy atom. The molecule has 142 valence electrons. The highest BCUT2D eigenvalue weighted by atomic mass is 32.2. The lowest BCUT2D eigenvalue weighted by Gasteiger charge is -2.05. The predicted octanol–water partition coefficient (Wildman–Crippen LogP) is 4.44. The number of hydrogen-bond donors (Lipinski definition) is 0. The molecular formula is C21H21N5OS. The third-order valence-corrected chi connectivity index (χ3v) is 5.06. The largest absolute Gasteiger partial charge is 0.486 e. The zero-order valence-electron chi connectivity index (χ0n) is 15.8. The van der Waals surface area contributed by atoms with E-state index in [0.717, 1.165) is 23.0 Å². The van der Waals surface area contributed by atoms with Crippen molar-refractivity contribution < 1.29 is 4.74 Å². The van der Waals surface area contributed by atoms with Crippen molar-refractivity contribution in [2.24, 2.45) is 5.10 Å². The number of nitrogens with zero attached hydrogens (tertiary/aromatic N) is 5. The average Bonchev–Trinajstić information content (AvgIpc) is 3.32. The van der Waals surface area contributed by atoms with E-state index in [9.17, 15) is 0 Å². The molecule has 4 aromatic rings. The molecule has 2 aromatic heterocycles. The van der Waals surface area contributed by atoms with Gasteiger partial charge in [-0.1, -0.05) is 48.2 Å². The van der Waals surface area contributed by atoms with Gasteiger partial charge in [0, 0.05) is 29.2 Å². The number of aryl methyl sites for hydroxylation is 1. The van der Waals surface area contributed by atoms with E-state index in [1.165, 1.54) is 22.7 Å². The van der Waals surface area contributed by atoms with Crippen LogP contribution in [0.1, 0.15) is 18.3 Å².